The van der Waals surface area contributed by atoms with Crippen molar-refractivity contribution >= 4 is 17.7 Å². The van der Waals surface area contributed by atoms with E-state index < -0.39 is 6.23 Å². The molecule has 0 aromatic carbocycles. The zero-order valence-electron chi connectivity index (χ0n) is 7.75. The van der Waals surface area contributed by atoms with E-state index in [4.69, 9.17) is 0 Å². The van der Waals surface area contributed by atoms with Crippen LogP contribution in [-0.4, -0.2) is 28.5 Å². The maximum absolute atomic E-state index is 11.0. The Bertz CT molecular complexity index is 178. The Labute approximate surface area is 82.5 Å². The number of hydrogen-bond donors (Lipinski definition) is 3. The molecule has 0 aromatic rings. The standard InChI is InChI=1S/C8H16N2O2S/c1-2-3-4-13-8-9-6(11)5-7(12)10-8/h6,8-9,11H,2-5H2,1H3,(H,10,12). The molecule has 0 saturated carbocycles. The van der Waals surface area contributed by atoms with E-state index >= 15 is 0 Å². The van der Waals surface area contributed by atoms with Crippen LogP contribution in [0.4, 0.5) is 0 Å². The van der Waals surface area contributed by atoms with Crippen molar-refractivity contribution in [3.63, 3.8) is 0 Å². The molecule has 0 aliphatic carbocycles. The molecule has 5 heteroatoms. The lowest BCUT2D eigenvalue weighted by Crippen LogP contribution is -2.54. The van der Waals surface area contributed by atoms with Crippen LogP contribution < -0.4 is 10.6 Å². The molecule has 0 aromatic heterocycles. The van der Waals surface area contributed by atoms with E-state index in [1.807, 2.05) is 0 Å². The fraction of sp³-hybridized carbons (Fsp3) is 0.875. The number of amides is 1. The Hall–Kier alpha value is -0.260. The molecule has 0 bridgehead atoms. The van der Waals surface area contributed by atoms with Crippen LogP contribution in [0, 0.1) is 0 Å². The smallest absolute Gasteiger partial charge is 0.225 e. The highest BCUT2D eigenvalue weighted by molar-refractivity contribution is 7.99. The van der Waals surface area contributed by atoms with Gasteiger partial charge in [0.1, 0.15) is 11.7 Å². The summed E-state index contributed by atoms with van der Waals surface area (Å²) < 4.78 is 0. The fourth-order valence-corrected chi connectivity index (χ4v) is 2.25. The first-order valence-corrected chi connectivity index (χ1v) is 5.62. The Morgan fingerprint density at radius 1 is 1.69 bits per heavy atom. The first-order chi connectivity index (χ1) is 6.22. The molecule has 1 aliphatic heterocycles. The van der Waals surface area contributed by atoms with Gasteiger partial charge in [-0.1, -0.05) is 13.3 Å². The van der Waals surface area contributed by atoms with Crippen LogP contribution in [0.15, 0.2) is 0 Å². The third kappa shape index (κ3) is 3.97. The Balaban J connectivity index is 2.21. The number of rotatable bonds is 4. The van der Waals surface area contributed by atoms with Crippen molar-refractivity contribution in [1.29, 1.82) is 0 Å². The zero-order chi connectivity index (χ0) is 9.68. The molecule has 0 spiro atoms. The second-order valence-corrected chi connectivity index (χ2v) is 4.27. The van der Waals surface area contributed by atoms with Crippen molar-refractivity contribution in [3.8, 4) is 0 Å². The summed E-state index contributed by atoms with van der Waals surface area (Å²) in [6, 6.07) is 0. The predicted octanol–water partition coefficient (Wildman–Crippen LogP) is 0.231. The zero-order valence-corrected chi connectivity index (χ0v) is 8.56. The number of nitrogens with one attached hydrogen (secondary N) is 2. The minimum Gasteiger partial charge on any atom is -0.378 e. The van der Waals surface area contributed by atoms with Crippen LogP contribution in [-0.2, 0) is 4.79 Å². The summed E-state index contributed by atoms with van der Waals surface area (Å²) in [6.45, 7) is 2.13. The average Bonchev–Trinajstić information content (AvgIpc) is 2.03. The van der Waals surface area contributed by atoms with Crippen LogP contribution in [0.1, 0.15) is 26.2 Å². The molecule has 1 rings (SSSR count). The minimum absolute atomic E-state index is 0.0831. The van der Waals surface area contributed by atoms with Crippen molar-refractivity contribution in [1.82, 2.24) is 10.6 Å². The van der Waals surface area contributed by atoms with Crippen molar-refractivity contribution < 1.29 is 9.90 Å². The van der Waals surface area contributed by atoms with E-state index in [2.05, 4.69) is 17.6 Å². The van der Waals surface area contributed by atoms with Crippen molar-refractivity contribution in [2.45, 2.75) is 37.9 Å². The minimum atomic E-state index is -0.687. The number of aliphatic hydroxyl groups is 1. The summed E-state index contributed by atoms with van der Waals surface area (Å²) in [5.74, 6) is 0.918. The highest BCUT2D eigenvalue weighted by atomic mass is 32.2. The van der Waals surface area contributed by atoms with Crippen molar-refractivity contribution in [3.05, 3.63) is 0 Å². The highest BCUT2D eigenvalue weighted by Gasteiger charge is 2.23. The van der Waals surface area contributed by atoms with Gasteiger partial charge in [-0.2, -0.15) is 0 Å². The lowest BCUT2D eigenvalue weighted by Gasteiger charge is -2.27. The maximum Gasteiger partial charge on any atom is 0.225 e. The molecule has 2 atom stereocenters. The SMILES string of the molecule is CCCCSC1NC(=O)CC(O)N1. The molecular weight excluding hydrogens is 188 g/mol. The summed E-state index contributed by atoms with van der Waals surface area (Å²) in [7, 11) is 0. The van der Waals surface area contributed by atoms with Gasteiger partial charge in [0.15, 0.2) is 0 Å². The van der Waals surface area contributed by atoms with Gasteiger partial charge >= 0.3 is 0 Å². The lowest BCUT2D eigenvalue weighted by molar-refractivity contribution is -0.126. The summed E-state index contributed by atoms with van der Waals surface area (Å²) in [5.41, 5.74) is -0.122. The average molecular weight is 204 g/mol. The van der Waals surface area contributed by atoms with Crippen LogP contribution in [0.2, 0.25) is 0 Å². The molecule has 1 fully saturated rings. The largest absolute Gasteiger partial charge is 0.378 e. The summed E-state index contributed by atoms with van der Waals surface area (Å²) in [5, 5.41) is 14.9. The second-order valence-electron chi connectivity index (χ2n) is 3.06. The Morgan fingerprint density at radius 2 is 2.46 bits per heavy atom. The first-order valence-electron chi connectivity index (χ1n) is 4.57. The van der Waals surface area contributed by atoms with E-state index in [1.165, 1.54) is 0 Å². The van der Waals surface area contributed by atoms with Crippen LogP contribution in [0.3, 0.4) is 0 Å². The normalized spacial score (nSPS) is 28.6. The van der Waals surface area contributed by atoms with Gasteiger partial charge in [-0.05, 0) is 12.2 Å². The van der Waals surface area contributed by atoms with E-state index in [1.54, 1.807) is 11.8 Å². The van der Waals surface area contributed by atoms with E-state index in [-0.39, 0.29) is 17.8 Å². The second kappa shape index (κ2) is 5.47. The molecule has 0 radical (unpaired) electrons. The summed E-state index contributed by atoms with van der Waals surface area (Å²) in [4.78, 5) is 11.0. The summed E-state index contributed by atoms with van der Waals surface area (Å²) in [6.07, 6.45) is 1.75. The van der Waals surface area contributed by atoms with E-state index in [9.17, 15) is 9.90 Å². The van der Waals surface area contributed by atoms with E-state index in [0.717, 1.165) is 18.6 Å². The molecule has 1 heterocycles. The third-order valence-corrected chi connectivity index (χ3v) is 2.91. The predicted molar refractivity (Wildman–Crippen MR) is 53.1 cm³/mol. The number of aliphatic hydroxyl groups excluding tert-OH is 1. The number of unbranched alkanes of at least 4 members (excludes halogenated alkanes) is 1. The molecule has 13 heavy (non-hydrogen) atoms. The van der Waals surface area contributed by atoms with Gasteiger partial charge in [-0.15, -0.1) is 11.8 Å². The maximum atomic E-state index is 11.0. The van der Waals surface area contributed by atoms with Crippen LogP contribution in [0.25, 0.3) is 0 Å². The molecule has 1 saturated heterocycles. The molecule has 1 amide bonds. The number of thioether (sulfide) groups is 1. The molecular formula is C8H16N2O2S. The first kappa shape index (κ1) is 10.8. The third-order valence-electron chi connectivity index (χ3n) is 1.80. The fourth-order valence-electron chi connectivity index (χ4n) is 1.09. The van der Waals surface area contributed by atoms with Gasteiger partial charge < -0.3 is 10.4 Å². The van der Waals surface area contributed by atoms with Gasteiger partial charge in [0.05, 0.1) is 6.42 Å². The highest BCUT2D eigenvalue weighted by Crippen LogP contribution is 2.12. The Morgan fingerprint density at radius 3 is 3.08 bits per heavy atom. The van der Waals surface area contributed by atoms with Crippen LogP contribution in [0.5, 0.6) is 0 Å². The quantitative estimate of drug-likeness (QED) is 0.574. The number of carbonyl (C=O) groups is 1. The topological polar surface area (TPSA) is 61.4 Å². The van der Waals surface area contributed by atoms with Gasteiger partial charge in [0.25, 0.3) is 0 Å². The van der Waals surface area contributed by atoms with Crippen LogP contribution >= 0.6 is 11.8 Å². The van der Waals surface area contributed by atoms with Crippen molar-refractivity contribution in [2.75, 3.05) is 5.75 Å². The van der Waals surface area contributed by atoms with Gasteiger partial charge in [-0.3, -0.25) is 10.1 Å². The van der Waals surface area contributed by atoms with Gasteiger partial charge in [-0.25, -0.2) is 0 Å². The monoisotopic (exact) mass is 204 g/mol. The molecule has 76 valence electrons. The number of hydrogen-bond acceptors (Lipinski definition) is 4. The molecule has 1 aliphatic rings. The van der Waals surface area contributed by atoms with Gasteiger partial charge in [0, 0.05) is 0 Å². The molecule has 2 unspecified atom stereocenters. The lowest BCUT2D eigenvalue weighted by atomic mass is 10.3. The number of carbonyl (C=O) groups excluding carboxylic acids is 1. The Kier molecular flexibility index (Phi) is 4.55. The van der Waals surface area contributed by atoms with E-state index in [0.29, 0.717) is 0 Å². The molecule has 3 N–H and O–H groups in total. The summed E-state index contributed by atoms with van der Waals surface area (Å²) >= 11 is 1.63. The van der Waals surface area contributed by atoms with Gasteiger partial charge in [0.2, 0.25) is 5.91 Å². The molecule has 4 nitrogen and oxygen atoms in total. The van der Waals surface area contributed by atoms with Crippen molar-refractivity contribution in [2.24, 2.45) is 0 Å².